The molecule has 0 fully saturated rings. The molecule has 0 atom stereocenters. The van der Waals surface area contributed by atoms with Crippen molar-refractivity contribution in [3.63, 3.8) is 0 Å². The molecule has 6 heteroatoms. The van der Waals surface area contributed by atoms with Crippen LogP contribution < -0.4 is 4.74 Å². The molecule has 0 aliphatic carbocycles. The maximum Gasteiger partial charge on any atom is 0.182 e. The molecule has 0 bridgehead atoms. The number of halogens is 2. The Balaban J connectivity index is 2.40. The Morgan fingerprint density at radius 3 is 2.75 bits per heavy atom. The highest BCUT2D eigenvalue weighted by molar-refractivity contribution is 9.11. The Morgan fingerprint density at radius 2 is 2.00 bits per heavy atom. The van der Waals surface area contributed by atoms with Gasteiger partial charge >= 0.3 is 0 Å². The van der Waals surface area contributed by atoms with Crippen molar-refractivity contribution < 1.29 is 4.74 Å². The number of nitrogens with one attached hydrogen (secondary N) is 1. The van der Waals surface area contributed by atoms with E-state index in [0.717, 1.165) is 31.4 Å². The molecular weight excluding hydrogens is 404 g/mol. The molecule has 0 aliphatic heterocycles. The van der Waals surface area contributed by atoms with Gasteiger partial charge in [0.15, 0.2) is 4.77 Å². The molecule has 1 N–H and O–H groups in total. The van der Waals surface area contributed by atoms with Crippen molar-refractivity contribution in [1.29, 1.82) is 0 Å². The zero-order chi connectivity index (χ0) is 14.3. The highest BCUT2D eigenvalue weighted by Gasteiger charge is 2.12. The number of hydrogen-bond donors (Lipinski definition) is 1. The normalized spacial score (nSPS) is 10.9. The SMILES string of the molecule is COc1cccc2c1[nH]c(=S)n2-c1cc(Br)ccc1Br. The first-order chi connectivity index (χ1) is 9.61. The summed E-state index contributed by atoms with van der Waals surface area (Å²) in [5, 5.41) is 0. The second kappa shape index (κ2) is 5.35. The van der Waals surface area contributed by atoms with E-state index in [2.05, 4.69) is 36.8 Å². The summed E-state index contributed by atoms with van der Waals surface area (Å²) in [5.41, 5.74) is 2.85. The number of hydrogen-bond acceptors (Lipinski definition) is 2. The number of benzene rings is 2. The maximum absolute atomic E-state index is 5.46. The minimum atomic E-state index is 0.628. The number of imidazole rings is 1. The third kappa shape index (κ3) is 2.21. The average molecular weight is 414 g/mol. The largest absolute Gasteiger partial charge is 0.494 e. The predicted molar refractivity (Wildman–Crippen MR) is 90.4 cm³/mol. The molecule has 0 aliphatic rings. The zero-order valence-corrected chi connectivity index (χ0v) is 14.5. The van der Waals surface area contributed by atoms with Gasteiger partial charge < -0.3 is 9.72 Å². The van der Waals surface area contributed by atoms with E-state index in [9.17, 15) is 0 Å². The van der Waals surface area contributed by atoms with Gasteiger partial charge in [0.1, 0.15) is 11.3 Å². The minimum Gasteiger partial charge on any atom is -0.494 e. The van der Waals surface area contributed by atoms with Crippen molar-refractivity contribution in [1.82, 2.24) is 9.55 Å². The van der Waals surface area contributed by atoms with Crippen LogP contribution in [0, 0.1) is 4.77 Å². The van der Waals surface area contributed by atoms with Crippen molar-refractivity contribution in [3.05, 3.63) is 50.1 Å². The lowest BCUT2D eigenvalue weighted by Gasteiger charge is -2.08. The molecule has 3 aromatic rings. The van der Waals surface area contributed by atoms with E-state index in [4.69, 9.17) is 17.0 Å². The zero-order valence-electron chi connectivity index (χ0n) is 10.5. The molecule has 0 saturated carbocycles. The van der Waals surface area contributed by atoms with Crippen LogP contribution in [0.3, 0.4) is 0 Å². The summed E-state index contributed by atoms with van der Waals surface area (Å²) in [6, 6.07) is 11.9. The molecule has 20 heavy (non-hydrogen) atoms. The fourth-order valence-electron chi connectivity index (χ4n) is 2.17. The van der Waals surface area contributed by atoms with Gasteiger partial charge in [-0.15, -0.1) is 0 Å². The Bertz CT molecular complexity index is 854. The lowest BCUT2D eigenvalue weighted by Crippen LogP contribution is -1.95. The molecule has 0 spiro atoms. The van der Waals surface area contributed by atoms with Gasteiger partial charge in [0.2, 0.25) is 0 Å². The highest BCUT2D eigenvalue weighted by atomic mass is 79.9. The fourth-order valence-corrected chi connectivity index (χ4v) is 3.24. The number of ether oxygens (including phenoxy) is 1. The predicted octanol–water partition coefficient (Wildman–Crippen LogP) is 5.22. The number of nitrogens with zero attached hydrogens (tertiary/aromatic N) is 1. The molecule has 0 amide bonds. The Kier molecular flexibility index (Phi) is 3.70. The molecular formula is C14H10Br2N2OS. The molecule has 3 rings (SSSR count). The van der Waals surface area contributed by atoms with Crippen LogP contribution >= 0.6 is 44.1 Å². The van der Waals surface area contributed by atoms with Gasteiger partial charge in [-0.3, -0.25) is 4.57 Å². The van der Waals surface area contributed by atoms with Crippen molar-refractivity contribution in [3.8, 4) is 11.4 Å². The van der Waals surface area contributed by atoms with Crippen LogP contribution in [-0.2, 0) is 0 Å². The summed E-state index contributed by atoms with van der Waals surface area (Å²) < 4.78 is 9.96. The highest BCUT2D eigenvalue weighted by Crippen LogP contribution is 2.31. The summed E-state index contributed by atoms with van der Waals surface area (Å²) in [6.07, 6.45) is 0. The maximum atomic E-state index is 5.46. The van der Waals surface area contributed by atoms with E-state index >= 15 is 0 Å². The van der Waals surface area contributed by atoms with Crippen LogP contribution in [0.2, 0.25) is 0 Å². The number of methoxy groups -OCH3 is 1. The van der Waals surface area contributed by atoms with Gasteiger partial charge in [-0.05, 0) is 58.5 Å². The first kappa shape index (κ1) is 13.9. The molecule has 0 radical (unpaired) electrons. The first-order valence-corrected chi connectivity index (χ1v) is 7.84. The van der Waals surface area contributed by atoms with Gasteiger partial charge in [-0.2, -0.15) is 0 Å². The number of rotatable bonds is 2. The summed E-state index contributed by atoms with van der Waals surface area (Å²) >= 11 is 12.5. The average Bonchev–Trinajstić information content (AvgIpc) is 2.77. The third-order valence-electron chi connectivity index (χ3n) is 3.05. The van der Waals surface area contributed by atoms with Gasteiger partial charge in [0.25, 0.3) is 0 Å². The minimum absolute atomic E-state index is 0.628. The van der Waals surface area contributed by atoms with Crippen LogP contribution in [0.4, 0.5) is 0 Å². The molecule has 0 unspecified atom stereocenters. The lowest BCUT2D eigenvalue weighted by atomic mass is 10.2. The lowest BCUT2D eigenvalue weighted by molar-refractivity contribution is 0.419. The number of fused-ring (bicyclic) bond motifs is 1. The van der Waals surface area contributed by atoms with Gasteiger partial charge in [0, 0.05) is 8.95 Å². The fraction of sp³-hybridized carbons (Fsp3) is 0.0714. The van der Waals surface area contributed by atoms with E-state index < -0.39 is 0 Å². The smallest absolute Gasteiger partial charge is 0.182 e. The Hall–Kier alpha value is -1.11. The number of para-hydroxylation sites is 1. The molecule has 2 aromatic carbocycles. The van der Waals surface area contributed by atoms with E-state index in [1.54, 1.807) is 7.11 Å². The monoisotopic (exact) mass is 412 g/mol. The summed E-state index contributed by atoms with van der Waals surface area (Å²) in [4.78, 5) is 3.21. The van der Waals surface area contributed by atoms with Crippen molar-refractivity contribution in [2.24, 2.45) is 0 Å². The van der Waals surface area contributed by atoms with E-state index in [1.165, 1.54) is 0 Å². The van der Waals surface area contributed by atoms with Crippen molar-refractivity contribution in [2.75, 3.05) is 7.11 Å². The molecule has 0 saturated heterocycles. The van der Waals surface area contributed by atoms with Crippen LogP contribution in [0.1, 0.15) is 0 Å². The summed E-state index contributed by atoms with van der Waals surface area (Å²) in [7, 11) is 1.65. The topological polar surface area (TPSA) is 29.9 Å². The third-order valence-corrected chi connectivity index (χ3v) is 4.50. The first-order valence-electron chi connectivity index (χ1n) is 5.85. The number of H-pyrrole nitrogens is 1. The van der Waals surface area contributed by atoms with Crippen LogP contribution in [0.15, 0.2) is 45.3 Å². The molecule has 1 aromatic heterocycles. The van der Waals surface area contributed by atoms with Crippen molar-refractivity contribution >= 4 is 55.1 Å². The Labute approximate surface area is 137 Å². The summed E-state index contributed by atoms with van der Waals surface area (Å²) in [6.45, 7) is 0. The Morgan fingerprint density at radius 1 is 1.20 bits per heavy atom. The van der Waals surface area contributed by atoms with Gasteiger partial charge in [0.05, 0.1) is 18.3 Å². The van der Waals surface area contributed by atoms with E-state index in [-0.39, 0.29) is 0 Å². The number of aromatic nitrogens is 2. The number of aromatic amines is 1. The molecule has 1 heterocycles. The van der Waals surface area contributed by atoms with Gasteiger partial charge in [-0.25, -0.2) is 0 Å². The second-order valence-corrected chi connectivity index (χ2v) is 6.37. The van der Waals surface area contributed by atoms with Gasteiger partial charge in [-0.1, -0.05) is 22.0 Å². The van der Waals surface area contributed by atoms with Crippen LogP contribution in [-0.4, -0.2) is 16.7 Å². The van der Waals surface area contributed by atoms with E-state index in [1.807, 2.05) is 41.0 Å². The molecule has 3 nitrogen and oxygen atoms in total. The summed E-state index contributed by atoms with van der Waals surface area (Å²) in [5.74, 6) is 0.776. The second-order valence-electron chi connectivity index (χ2n) is 4.22. The molecule has 102 valence electrons. The van der Waals surface area contributed by atoms with Crippen molar-refractivity contribution in [2.45, 2.75) is 0 Å². The quantitative estimate of drug-likeness (QED) is 0.583. The van der Waals surface area contributed by atoms with E-state index in [0.29, 0.717) is 4.77 Å². The van der Waals surface area contributed by atoms with Crippen LogP contribution in [0.5, 0.6) is 5.75 Å². The standard InChI is InChI=1S/C14H10Br2N2OS/c1-19-12-4-2-3-10-13(12)17-14(20)18(10)11-7-8(15)5-6-9(11)16/h2-7H,1H3,(H,17,20). The van der Waals surface area contributed by atoms with Crippen LogP contribution in [0.25, 0.3) is 16.7 Å².